The summed E-state index contributed by atoms with van der Waals surface area (Å²) >= 11 is 0. The van der Waals surface area contributed by atoms with Gasteiger partial charge in [-0.2, -0.15) is 0 Å². The normalized spacial score (nSPS) is 17.6. The zero-order chi connectivity index (χ0) is 20.0. The zero-order valence-electron chi connectivity index (χ0n) is 16.1. The molecule has 1 aliphatic carbocycles. The number of anilines is 1. The van der Waals surface area contributed by atoms with Gasteiger partial charge in [-0.3, -0.25) is 4.79 Å². The van der Waals surface area contributed by atoms with Crippen molar-refractivity contribution in [2.24, 2.45) is 0 Å². The molecule has 1 aromatic heterocycles. The third kappa shape index (κ3) is 3.05. The van der Waals surface area contributed by atoms with Gasteiger partial charge in [-0.05, 0) is 54.7 Å². The molecule has 2 aliphatic rings. The minimum Gasteiger partial charge on any atom is -0.475 e. The highest BCUT2D eigenvalue weighted by Gasteiger charge is 2.34. The van der Waals surface area contributed by atoms with Crippen molar-refractivity contribution in [3.05, 3.63) is 59.4 Å². The number of fused-ring (bicyclic) bond motifs is 3. The number of hydrogen-bond acceptors (Lipinski definition) is 5. The standard InChI is InChI=1S/C23H21NO5/c1-27-23(26)21-12-24(18-7-2-3-8-19(18)29-21)22(25)11-16-13-28-20-10-15-6-4-5-14(15)9-17(16)20/h2-3,7-10,13,21H,4-6,11-12H2,1H3/t21-/m0/s1. The average molecular weight is 391 g/mol. The van der Waals surface area contributed by atoms with Crippen LogP contribution in [-0.4, -0.2) is 31.6 Å². The predicted octanol–water partition coefficient (Wildman–Crippen LogP) is 3.43. The molecular formula is C23H21NO5. The summed E-state index contributed by atoms with van der Waals surface area (Å²) in [7, 11) is 1.31. The van der Waals surface area contributed by atoms with Gasteiger partial charge < -0.3 is 18.8 Å². The maximum absolute atomic E-state index is 13.2. The summed E-state index contributed by atoms with van der Waals surface area (Å²) in [4.78, 5) is 26.9. The van der Waals surface area contributed by atoms with E-state index >= 15 is 0 Å². The number of furan rings is 1. The molecule has 6 heteroatoms. The number of esters is 1. The van der Waals surface area contributed by atoms with Crippen LogP contribution >= 0.6 is 0 Å². The van der Waals surface area contributed by atoms with E-state index in [1.165, 1.54) is 18.2 Å². The van der Waals surface area contributed by atoms with Crippen molar-refractivity contribution in [3.8, 4) is 5.75 Å². The zero-order valence-corrected chi connectivity index (χ0v) is 16.1. The van der Waals surface area contributed by atoms with Gasteiger partial charge in [0.2, 0.25) is 12.0 Å². The third-order valence-corrected chi connectivity index (χ3v) is 5.75. The van der Waals surface area contributed by atoms with Crippen LogP contribution in [0.4, 0.5) is 5.69 Å². The van der Waals surface area contributed by atoms with E-state index in [0.717, 1.165) is 35.8 Å². The Morgan fingerprint density at radius 2 is 1.97 bits per heavy atom. The van der Waals surface area contributed by atoms with Crippen molar-refractivity contribution < 1.29 is 23.5 Å². The minimum atomic E-state index is -0.844. The first-order valence-electron chi connectivity index (χ1n) is 9.80. The Morgan fingerprint density at radius 1 is 1.17 bits per heavy atom. The number of rotatable bonds is 3. The molecule has 1 amide bonds. The van der Waals surface area contributed by atoms with Crippen molar-refractivity contribution in [1.29, 1.82) is 0 Å². The van der Waals surface area contributed by atoms with E-state index in [1.54, 1.807) is 17.2 Å². The summed E-state index contributed by atoms with van der Waals surface area (Å²) in [6, 6.07) is 11.5. The number of methoxy groups -OCH3 is 1. The molecule has 1 atom stereocenters. The van der Waals surface area contributed by atoms with Gasteiger partial charge in [0.15, 0.2) is 0 Å². The molecule has 0 N–H and O–H groups in total. The predicted molar refractivity (Wildman–Crippen MR) is 107 cm³/mol. The van der Waals surface area contributed by atoms with Gasteiger partial charge in [-0.1, -0.05) is 12.1 Å². The molecule has 2 aromatic carbocycles. The largest absolute Gasteiger partial charge is 0.475 e. The number of aryl methyl sites for hydroxylation is 2. The number of hydrogen-bond donors (Lipinski definition) is 0. The first-order chi connectivity index (χ1) is 14.1. The maximum Gasteiger partial charge on any atom is 0.348 e. The van der Waals surface area contributed by atoms with Gasteiger partial charge in [0.25, 0.3) is 0 Å². The summed E-state index contributed by atoms with van der Waals surface area (Å²) in [5.41, 5.74) is 5.02. The van der Waals surface area contributed by atoms with Crippen LogP contribution in [0, 0.1) is 0 Å². The second-order valence-corrected chi connectivity index (χ2v) is 7.51. The molecule has 0 radical (unpaired) electrons. The molecule has 5 rings (SSSR count). The minimum absolute atomic E-state index is 0.113. The molecule has 0 spiro atoms. The molecule has 29 heavy (non-hydrogen) atoms. The van der Waals surface area contributed by atoms with Crippen LogP contribution in [0.15, 0.2) is 47.1 Å². The molecule has 0 bridgehead atoms. The quantitative estimate of drug-likeness (QED) is 0.640. The Bertz CT molecular complexity index is 1120. The number of nitrogens with zero attached hydrogens (tertiary/aromatic N) is 1. The number of amides is 1. The van der Waals surface area contributed by atoms with Crippen molar-refractivity contribution >= 4 is 28.5 Å². The SMILES string of the molecule is COC(=O)[C@@H]1CN(C(=O)Cc2coc3cc4c(cc23)CCC4)c2ccccc2O1. The molecule has 6 nitrogen and oxygen atoms in total. The van der Waals surface area contributed by atoms with Crippen molar-refractivity contribution in [2.75, 3.05) is 18.6 Å². The van der Waals surface area contributed by atoms with E-state index in [0.29, 0.717) is 11.4 Å². The number of carbonyl (C=O) groups excluding carboxylic acids is 2. The highest BCUT2D eigenvalue weighted by atomic mass is 16.6. The highest BCUT2D eigenvalue weighted by molar-refractivity contribution is 5.99. The third-order valence-electron chi connectivity index (χ3n) is 5.75. The van der Waals surface area contributed by atoms with Crippen LogP contribution < -0.4 is 9.64 Å². The highest BCUT2D eigenvalue weighted by Crippen LogP contribution is 2.35. The van der Waals surface area contributed by atoms with Crippen LogP contribution in [0.3, 0.4) is 0 Å². The molecule has 0 saturated carbocycles. The molecule has 2 heterocycles. The fourth-order valence-electron chi connectivity index (χ4n) is 4.27. The summed E-state index contributed by atoms with van der Waals surface area (Å²) in [5, 5.41) is 0.991. The van der Waals surface area contributed by atoms with Crippen LogP contribution in [0.1, 0.15) is 23.1 Å². The van der Waals surface area contributed by atoms with Gasteiger partial charge in [-0.25, -0.2) is 4.79 Å². The van der Waals surface area contributed by atoms with Crippen LogP contribution in [0.5, 0.6) is 5.75 Å². The lowest BCUT2D eigenvalue weighted by atomic mass is 10.0. The molecule has 3 aromatic rings. The molecule has 0 fully saturated rings. The van der Waals surface area contributed by atoms with Gasteiger partial charge in [-0.15, -0.1) is 0 Å². The monoisotopic (exact) mass is 391 g/mol. The van der Waals surface area contributed by atoms with Crippen LogP contribution in [-0.2, 0) is 33.6 Å². The molecule has 1 aliphatic heterocycles. The Kier molecular flexibility index (Phi) is 4.27. The fourth-order valence-corrected chi connectivity index (χ4v) is 4.27. The van der Waals surface area contributed by atoms with E-state index < -0.39 is 12.1 Å². The van der Waals surface area contributed by atoms with Gasteiger partial charge >= 0.3 is 5.97 Å². The van der Waals surface area contributed by atoms with E-state index in [2.05, 4.69) is 12.1 Å². The lowest BCUT2D eigenvalue weighted by Crippen LogP contribution is -2.48. The van der Waals surface area contributed by atoms with Crippen molar-refractivity contribution in [1.82, 2.24) is 0 Å². The van der Waals surface area contributed by atoms with Crippen LogP contribution in [0.25, 0.3) is 11.0 Å². The van der Waals surface area contributed by atoms with Crippen molar-refractivity contribution in [2.45, 2.75) is 31.8 Å². The summed E-state index contributed by atoms with van der Waals surface area (Å²) < 4.78 is 16.3. The molecular weight excluding hydrogens is 370 g/mol. The first kappa shape index (κ1) is 17.8. The molecule has 148 valence electrons. The summed E-state index contributed by atoms with van der Waals surface area (Å²) in [6.45, 7) is 0.119. The first-order valence-corrected chi connectivity index (χ1v) is 9.80. The Morgan fingerprint density at radius 3 is 2.79 bits per heavy atom. The molecule has 0 saturated heterocycles. The second-order valence-electron chi connectivity index (χ2n) is 7.51. The maximum atomic E-state index is 13.2. The Hall–Kier alpha value is -3.28. The lowest BCUT2D eigenvalue weighted by Gasteiger charge is -2.33. The second kappa shape index (κ2) is 6.95. The number of ether oxygens (including phenoxy) is 2. The average Bonchev–Trinajstić information content (AvgIpc) is 3.37. The number of carbonyl (C=O) groups is 2. The Balaban J connectivity index is 1.46. The van der Waals surface area contributed by atoms with E-state index in [9.17, 15) is 9.59 Å². The topological polar surface area (TPSA) is 69.0 Å². The molecule has 0 unspecified atom stereocenters. The van der Waals surface area contributed by atoms with E-state index in [4.69, 9.17) is 13.9 Å². The van der Waals surface area contributed by atoms with Gasteiger partial charge in [0.05, 0.1) is 32.0 Å². The number of para-hydroxylation sites is 2. The summed E-state index contributed by atoms with van der Waals surface area (Å²) in [6.07, 6.45) is 4.33. The van der Waals surface area contributed by atoms with Gasteiger partial charge in [0.1, 0.15) is 11.3 Å². The lowest BCUT2D eigenvalue weighted by molar-refractivity contribution is -0.148. The van der Waals surface area contributed by atoms with Gasteiger partial charge in [0, 0.05) is 10.9 Å². The Labute approximate surface area is 168 Å². The van der Waals surface area contributed by atoms with Crippen LogP contribution in [0.2, 0.25) is 0 Å². The van der Waals surface area contributed by atoms with E-state index in [-0.39, 0.29) is 18.9 Å². The fraction of sp³-hybridized carbons (Fsp3) is 0.304. The van der Waals surface area contributed by atoms with Crippen molar-refractivity contribution in [3.63, 3.8) is 0 Å². The summed E-state index contributed by atoms with van der Waals surface area (Å²) in [5.74, 6) is -0.114. The smallest absolute Gasteiger partial charge is 0.348 e. The number of benzene rings is 2. The van der Waals surface area contributed by atoms with E-state index in [1.807, 2.05) is 18.2 Å².